The molecule has 4 heteroatoms. The second kappa shape index (κ2) is 8.83. The minimum absolute atomic E-state index is 0.0715. The zero-order valence-electron chi connectivity index (χ0n) is 13.7. The molecule has 0 bridgehead atoms. The molecule has 1 N–H and O–H groups in total. The zero-order chi connectivity index (χ0) is 16.5. The number of ether oxygens (including phenoxy) is 1. The number of anilines is 1. The first-order valence-electron chi connectivity index (χ1n) is 7.96. The van der Waals surface area contributed by atoms with Crippen LogP contribution in [-0.2, 0) is 4.79 Å². The Balaban J connectivity index is 1.78. The molecule has 2 aromatic rings. The maximum absolute atomic E-state index is 12.2. The minimum atomic E-state index is -0.459. The average molecular weight is 312 g/mol. The van der Waals surface area contributed by atoms with Crippen LogP contribution in [0.3, 0.4) is 0 Å². The highest BCUT2D eigenvalue weighted by molar-refractivity contribution is 5.81. The summed E-state index contributed by atoms with van der Waals surface area (Å²) in [5.41, 5.74) is 1.13. The molecule has 23 heavy (non-hydrogen) atoms. The van der Waals surface area contributed by atoms with Crippen molar-refractivity contribution < 1.29 is 9.53 Å². The number of rotatable bonds is 8. The number of benzene rings is 2. The summed E-state index contributed by atoms with van der Waals surface area (Å²) < 4.78 is 5.74. The van der Waals surface area contributed by atoms with Crippen LogP contribution in [0.5, 0.6) is 5.75 Å². The Morgan fingerprint density at radius 1 is 1.09 bits per heavy atom. The summed E-state index contributed by atoms with van der Waals surface area (Å²) in [5.74, 6) is 0.647. The SMILES string of the molecule is CC[C@@H](Oc1ccccc1)C(=O)NCCN(C)c1ccccc1. The van der Waals surface area contributed by atoms with Gasteiger partial charge in [0.15, 0.2) is 6.10 Å². The molecule has 122 valence electrons. The topological polar surface area (TPSA) is 41.6 Å². The molecule has 0 saturated carbocycles. The second-order valence-corrected chi connectivity index (χ2v) is 5.38. The molecule has 0 heterocycles. The van der Waals surface area contributed by atoms with Crippen LogP contribution >= 0.6 is 0 Å². The lowest BCUT2D eigenvalue weighted by molar-refractivity contribution is -0.128. The van der Waals surface area contributed by atoms with Crippen LogP contribution in [0.15, 0.2) is 60.7 Å². The zero-order valence-corrected chi connectivity index (χ0v) is 13.7. The monoisotopic (exact) mass is 312 g/mol. The summed E-state index contributed by atoms with van der Waals surface area (Å²) in [4.78, 5) is 14.4. The third-order valence-electron chi connectivity index (χ3n) is 3.63. The number of nitrogens with zero attached hydrogens (tertiary/aromatic N) is 1. The van der Waals surface area contributed by atoms with Crippen molar-refractivity contribution in [2.45, 2.75) is 19.4 Å². The third-order valence-corrected chi connectivity index (χ3v) is 3.63. The molecule has 0 saturated heterocycles. The summed E-state index contributed by atoms with van der Waals surface area (Å²) in [6.07, 6.45) is 0.175. The third kappa shape index (κ3) is 5.33. The second-order valence-electron chi connectivity index (χ2n) is 5.38. The molecule has 0 unspecified atom stereocenters. The Labute approximate surface area is 138 Å². The Morgan fingerprint density at radius 3 is 2.30 bits per heavy atom. The number of nitrogens with one attached hydrogen (secondary N) is 1. The first-order valence-corrected chi connectivity index (χ1v) is 7.96. The van der Waals surface area contributed by atoms with E-state index >= 15 is 0 Å². The van der Waals surface area contributed by atoms with E-state index in [1.165, 1.54) is 0 Å². The molecular weight excluding hydrogens is 288 g/mol. The van der Waals surface area contributed by atoms with E-state index in [1.807, 2.05) is 62.5 Å². The number of para-hydroxylation sites is 2. The summed E-state index contributed by atoms with van der Waals surface area (Å²) >= 11 is 0. The highest BCUT2D eigenvalue weighted by Crippen LogP contribution is 2.13. The van der Waals surface area contributed by atoms with E-state index < -0.39 is 6.10 Å². The molecule has 2 rings (SSSR count). The fraction of sp³-hybridized carbons (Fsp3) is 0.316. The van der Waals surface area contributed by atoms with Gasteiger partial charge in [0.05, 0.1) is 0 Å². The van der Waals surface area contributed by atoms with Gasteiger partial charge < -0.3 is 15.0 Å². The molecule has 1 amide bonds. The van der Waals surface area contributed by atoms with E-state index in [0.717, 1.165) is 18.0 Å². The van der Waals surface area contributed by atoms with Gasteiger partial charge in [-0.25, -0.2) is 0 Å². The molecule has 0 spiro atoms. The van der Waals surface area contributed by atoms with Gasteiger partial charge in [-0.1, -0.05) is 43.3 Å². The Morgan fingerprint density at radius 2 is 1.70 bits per heavy atom. The van der Waals surface area contributed by atoms with Crippen molar-refractivity contribution >= 4 is 11.6 Å². The summed E-state index contributed by atoms with van der Waals surface area (Å²) in [6, 6.07) is 19.5. The van der Waals surface area contributed by atoms with E-state index in [4.69, 9.17) is 4.74 Å². The molecule has 0 radical (unpaired) electrons. The number of hydrogen-bond acceptors (Lipinski definition) is 3. The van der Waals surface area contributed by atoms with Gasteiger partial charge in [-0.2, -0.15) is 0 Å². The standard InChI is InChI=1S/C19H24N2O2/c1-3-18(23-17-12-8-5-9-13-17)19(22)20-14-15-21(2)16-10-6-4-7-11-16/h4-13,18H,3,14-15H2,1-2H3,(H,20,22)/t18-/m1/s1. The van der Waals surface area contributed by atoms with Gasteiger partial charge >= 0.3 is 0 Å². The van der Waals surface area contributed by atoms with Crippen molar-refractivity contribution in [2.75, 3.05) is 25.0 Å². The first-order chi connectivity index (χ1) is 11.2. The molecule has 2 aromatic carbocycles. The largest absolute Gasteiger partial charge is 0.481 e. The van der Waals surface area contributed by atoms with E-state index in [-0.39, 0.29) is 5.91 Å². The molecule has 0 aromatic heterocycles. The maximum Gasteiger partial charge on any atom is 0.261 e. The van der Waals surface area contributed by atoms with Gasteiger partial charge in [0.25, 0.3) is 5.91 Å². The molecule has 4 nitrogen and oxygen atoms in total. The minimum Gasteiger partial charge on any atom is -0.481 e. The van der Waals surface area contributed by atoms with Crippen molar-refractivity contribution in [3.63, 3.8) is 0 Å². The van der Waals surface area contributed by atoms with Gasteiger partial charge in [-0.3, -0.25) is 4.79 Å². The van der Waals surface area contributed by atoms with Crippen LogP contribution < -0.4 is 15.0 Å². The molecule has 0 aliphatic heterocycles. The van der Waals surface area contributed by atoms with Gasteiger partial charge in [0.1, 0.15) is 5.75 Å². The number of carbonyl (C=O) groups excluding carboxylic acids is 1. The number of amides is 1. The normalized spacial score (nSPS) is 11.6. The molecule has 1 atom stereocenters. The predicted molar refractivity (Wildman–Crippen MR) is 93.9 cm³/mol. The van der Waals surface area contributed by atoms with E-state index in [9.17, 15) is 4.79 Å². The lowest BCUT2D eigenvalue weighted by Crippen LogP contribution is -2.41. The van der Waals surface area contributed by atoms with Crippen LogP contribution in [0.25, 0.3) is 0 Å². The Bertz CT molecular complexity index is 587. The van der Waals surface area contributed by atoms with Gasteiger partial charge in [-0.15, -0.1) is 0 Å². The van der Waals surface area contributed by atoms with E-state index in [0.29, 0.717) is 13.0 Å². The maximum atomic E-state index is 12.2. The van der Waals surface area contributed by atoms with Crippen molar-refractivity contribution in [1.82, 2.24) is 5.32 Å². The lowest BCUT2D eigenvalue weighted by atomic mass is 10.2. The van der Waals surface area contributed by atoms with Crippen LogP contribution in [-0.4, -0.2) is 32.1 Å². The molecular formula is C19H24N2O2. The van der Waals surface area contributed by atoms with Crippen molar-refractivity contribution in [3.8, 4) is 5.75 Å². The number of hydrogen-bond donors (Lipinski definition) is 1. The highest BCUT2D eigenvalue weighted by atomic mass is 16.5. The van der Waals surface area contributed by atoms with Gasteiger partial charge in [0.2, 0.25) is 0 Å². The average Bonchev–Trinajstić information content (AvgIpc) is 2.61. The van der Waals surface area contributed by atoms with Crippen molar-refractivity contribution in [1.29, 1.82) is 0 Å². The van der Waals surface area contributed by atoms with E-state index in [2.05, 4.69) is 22.3 Å². The van der Waals surface area contributed by atoms with Crippen molar-refractivity contribution in [2.24, 2.45) is 0 Å². The lowest BCUT2D eigenvalue weighted by Gasteiger charge is -2.21. The smallest absolute Gasteiger partial charge is 0.261 e. The fourth-order valence-corrected chi connectivity index (χ4v) is 2.26. The highest BCUT2D eigenvalue weighted by Gasteiger charge is 2.17. The number of likely N-dealkylation sites (N-methyl/N-ethyl adjacent to an activating group) is 1. The Kier molecular flexibility index (Phi) is 6.48. The van der Waals surface area contributed by atoms with Crippen LogP contribution in [0.1, 0.15) is 13.3 Å². The number of carbonyl (C=O) groups is 1. The van der Waals surface area contributed by atoms with Gasteiger partial charge in [-0.05, 0) is 30.7 Å². The van der Waals surface area contributed by atoms with Gasteiger partial charge in [0, 0.05) is 25.8 Å². The summed E-state index contributed by atoms with van der Waals surface area (Å²) in [7, 11) is 2.01. The molecule has 0 aliphatic rings. The van der Waals surface area contributed by atoms with E-state index in [1.54, 1.807) is 0 Å². The van der Waals surface area contributed by atoms with Crippen LogP contribution in [0, 0.1) is 0 Å². The first kappa shape index (κ1) is 16.9. The predicted octanol–water partition coefficient (Wildman–Crippen LogP) is 3.10. The quantitative estimate of drug-likeness (QED) is 0.814. The summed E-state index contributed by atoms with van der Waals surface area (Å²) in [5, 5.41) is 2.95. The Hall–Kier alpha value is -2.49. The fourth-order valence-electron chi connectivity index (χ4n) is 2.26. The van der Waals surface area contributed by atoms with Crippen LogP contribution in [0.4, 0.5) is 5.69 Å². The van der Waals surface area contributed by atoms with Crippen molar-refractivity contribution in [3.05, 3.63) is 60.7 Å². The molecule has 0 aliphatic carbocycles. The summed E-state index contributed by atoms with van der Waals surface area (Å²) in [6.45, 7) is 3.28. The van der Waals surface area contributed by atoms with Crippen LogP contribution in [0.2, 0.25) is 0 Å². The molecule has 0 fully saturated rings.